The van der Waals surface area contributed by atoms with E-state index in [2.05, 4.69) is 86.7 Å². The van der Waals surface area contributed by atoms with E-state index in [0.29, 0.717) is 17.3 Å². The molecule has 116 valence electrons. The van der Waals surface area contributed by atoms with E-state index in [4.69, 9.17) is 0 Å². The third-order valence-corrected chi connectivity index (χ3v) is 5.17. The molecule has 0 spiro atoms. The van der Waals surface area contributed by atoms with Gasteiger partial charge in [0.05, 0.1) is 0 Å². The second-order valence-electron chi connectivity index (χ2n) is 9.18. The summed E-state index contributed by atoms with van der Waals surface area (Å²) in [6.07, 6.45) is 4.89. The van der Waals surface area contributed by atoms with Crippen LogP contribution in [0.1, 0.15) is 69.2 Å². The summed E-state index contributed by atoms with van der Waals surface area (Å²) in [5.74, 6) is 1.20. The molecular formula is C19H35N. The van der Waals surface area contributed by atoms with Gasteiger partial charge in [-0.05, 0) is 49.0 Å². The molecule has 0 bridgehead atoms. The van der Waals surface area contributed by atoms with Crippen molar-refractivity contribution in [2.75, 3.05) is 0 Å². The third kappa shape index (κ3) is 3.68. The molecule has 0 saturated carbocycles. The molecule has 1 aliphatic carbocycles. The zero-order chi connectivity index (χ0) is 15.9. The lowest BCUT2D eigenvalue weighted by atomic mass is 9.70. The summed E-state index contributed by atoms with van der Waals surface area (Å²) in [7, 11) is 0. The summed E-state index contributed by atoms with van der Waals surface area (Å²) >= 11 is 0. The number of allylic oxidation sites excluding steroid dienone is 3. The minimum atomic E-state index is 0.0716. The van der Waals surface area contributed by atoms with Crippen molar-refractivity contribution in [2.45, 2.75) is 74.8 Å². The highest BCUT2D eigenvalue weighted by Crippen LogP contribution is 2.40. The van der Waals surface area contributed by atoms with Gasteiger partial charge in [0.15, 0.2) is 0 Å². The Balaban J connectivity index is 2.99. The molecule has 1 nitrogen and oxygen atoms in total. The van der Waals surface area contributed by atoms with Crippen LogP contribution < -0.4 is 5.32 Å². The van der Waals surface area contributed by atoms with Gasteiger partial charge in [0.25, 0.3) is 0 Å². The smallest absolute Gasteiger partial charge is 0.0365 e. The Bertz CT molecular complexity index is 410. The fraction of sp³-hybridized carbons (Fsp3) is 0.789. The highest BCUT2D eigenvalue weighted by Gasteiger charge is 2.35. The number of rotatable bonds is 2. The molecule has 0 amide bonds. The Morgan fingerprint density at radius 1 is 0.900 bits per heavy atom. The van der Waals surface area contributed by atoms with Crippen molar-refractivity contribution >= 4 is 0 Å². The first kappa shape index (κ1) is 17.3. The molecule has 0 aromatic carbocycles. The van der Waals surface area contributed by atoms with Crippen LogP contribution >= 0.6 is 0 Å². The number of hydrogen-bond acceptors (Lipinski definition) is 1. The highest BCUT2D eigenvalue weighted by atomic mass is 15.0. The molecule has 0 saturated heterocycles. The van der Waals surface area contributed by atoms with E-state index in [0.717, 1.165) is 0 Å². The monoisotopic (exact) mass is 277 g/mol. The van der Waals surface area contributed by atoms with Gasteiger partial charge in [-0.15, -0.1) is 0 Å². The number of hydrogen-bond donors (Lipinski definition) is 1. The van der Waals surface area contributed by atoms with E-state index in [1.165, 1.54) is 11.3 Å². The molecule has 20 heavy (non-hydrogen) atoms. The molecule has 0 aliphatic heterocycles. The van der Waals surface area contributed by atoms with Crippen LogP contribution in [-0.4, -0.2) is 5.54 Å². The van der Waals surface area contributed by atoms with Gasteiger partial charge in [0.2, 0.25) is 0 Å². The number of nitrogens with one attached hydrogen (secondary N) is 1. The zero-order valence-corrected chi connectivity index (χ0v) is 15.3. The lowest BCUT2D eigenvalue weighted by Gasteiger charge is -2.43. The molecule has 0 aromatic rings. The van der Waals surface area contributed by atoms with E-state index >= 15 is 0 Å². The van der Waals surface area contributed by atoms with Crippen LogP contribution in [0.25, 0.3) is 0 Å². The lowest BCUT2D eigenvalue weighted by molar-refractivity contribution is 0.189. The first-order chi connectivity index (χ1) is 8.75. The molecule has 0 radical (unpaired) electrons. The van der Waals surface area contributed by atoms with Crippen molar-refractivity contribution in [3.63, 3.8) is 0 Å². The van der Waals surface area contributed by atoms with E-state index in [-0.39, 0.29) is 11.0 Å². The molecule has 1 aliphatic rings. The normalized spacial score (nSPS) is 25.1. The molecule has 1 rings (SSSR count). The summed E-state index contributed by atoms with van der Waals surface area (Å²) < 4.78 is 0. The Morgan fingerprint density at radius 2 is 1.40 bits per heavy atom. The fourth-order valence-electron chi connectivity index (χ4n) is 2.71. The van der Waals surface area contributed by atoms with Crippen molar-refractivity contribution in [1.29, 1.82) is 0 Å². The van der Waals surface area contributed by atoms with Crippen LogP contribution in [0.3, 0.4) is 0 Å². The van der Waals surface area contributed by atoms with E-state index in [1.807, 2.05) is 0 Å². The third-order valence-electron chi connectivity index (χ3n) is 5.17. The molecule has 0 heterocycles. The second-order valence-corrected chi connectivity index (χ2v) is 9.18. The predicted molar refractivity (Wildman–Crippen MR) is 90.6 cm³/mol. The van der Waals surface area contributed by atoms with Crippen LogP contribution in [0.5, 0.6) is 0 Å². The molecule has 2 unspecified atom stereocenters. The van der Waals surface area contributed by atoms with Gasteiger partial charge < -0.3 is 5.32 Å². The van der Waals surface area contributed by atoms with Crippen molar-refractivity contribution < 1.29 is 0 Å². The Labute approximate surface area is 126 Å². The molecule has 1 heteroatoms. The van der Waals surface area contributed by atoms with Gasteiger partial charge in [0.1, 0.15) is 0 Å². The predicted octanol–water partition coefficient (Wildman–Crippen LogP) is 5.54. The average Bonchev–Trinajstić information content (AvgIpc) is 2.19. The minimum absolute atomic E-state index is 0.0716. The van der Waals surface area contributed by atoms with Crippen LogP contribution in [-0.2, 0) is 0 Å². The van der Waals surface area contributed by atoms with Crippen LogP contribution in [0.15, 0.2) is 23.4 Å². The zero-order valence-electron chi connectivity index (χ0n) is 15.3. The lowest BCUT2D eigenvalue weighted by Crippen LogP contribution is -2.50. The Morgan fingerprint density at radius 3 is 1.80 bits per heavy atom. The van der Waals surface area contributed by atoms with Crippen molar-refractivity contribution in [3.8, 4) is 0 Å². The van der Waals surface area contributed by atoms with Gasteiger partial charge in [-0.2, -0.15) is 0 Å². The summed E-state index contributed by atoms with van der Waals surface area (Å²) in [6.45, 7) is 23.1. The van der Waals surface area contributed by atoms with Crippen molar-refractivity contribution in [2.24, 2.45) is 22.7 Å². The molecular weight excluding hydrogens is 242 g/mol. The fourth-order valence-corrected chi connectivity index (χ4v) is 2.71. The van der Waals surface area contributed by atoms with Gasteiger partial charge >= 0.3 is 0 Å². The first-order valence-electron chi connectivity index (χ1n) is 7.94. The molecule has 0 fully saturated rings. The largest absolute Gasteiger partial charge is 0.380 e. The SMILES string of the molecule is CC1=CC(C(C)(C)C)C(C)C=C1NC(C)(C)C(C)(C)C. The Kier molecular flexibility index (Phi) is 4.54. The van der Waals surface area contributed by atoms with E-state index in [1.54, 1.807) is 0 Å². The second kappa shape index (κ2) is 5.24. The van der Waals surface area contributed by atoms with Gasteiger partial charge in [0, 0.05) is 11.2 Å². The average molecular weight is 277 g/mol. The maximum absolute atomic E-state index is 3.78. The summed E-state index contributed by atoms with van der Waals surface area (Å²) in [5, 5.41) is 3.78. The van der Waals surface area contributed by atoms with Crippen LogP contribution in [0.2, 0.25) is 0 Å². The van der Waals surface area contributed by atoms with Gasteiger partial charge in [-0.1, -0.05) is 60.6 Å². The molecule has 0 aromatic heterocycles. The highest BCUT2D eigenvalue weighted by molar-refractivity contribution is 5.34. The first-order valence-corrected chi connectivity index (χ1v) is 7.94. The Hall–Kier alpha value is -0.720. The summed E-state index contributed by atoms with van der Waals surface area (Å²) in [4.78, 5) is 0. The molecule has 1 N–H and O–H groups in total. The quantitative estimate of drug-likeness (QED) is 0.698. The maximum Gasteiger partial charge on any atom is 0.0365 e. The summed E-state index contributed by atoms with van der Waals surface area (Å²) in [6, 6.07) is 0. The standard InChI is InChI=1S/C19H35N/c1-13-12-16(20-19(9,10)18(6,7)8)14(2)11-15(13)17(3,4)5/h11-13,15,20H,1-10H3. The van der Waals surface area contributed by atoms with Gasteiger partial charge in [-0.3, -0.25) is 0 Å². The van der Waals surface area contributed by atoms with Crippen molar-refractivity contribution in [1.82, 2.24) is 5.32 Å². The topological polar surface area (TPSA) is 12.0 Å². The maximum atomic E-state index is 3.78. The van der Waals surface area contributed by atoms with Crippen LogP contribution in [0.4, 0.5) is 0 Å². The van der Waals surface area contributed by atoms with Crippen LogP contribution in [0, 0.1) is 22.7 Å². The minimum Gasteiger partial charge on any atom is -0.380 e. The molecule has 2 atom stereocenters. The van der Waals surface area contributed by atoms with E-state index in [9.17, 15) is 0 Å². The van der Waals surface area contributed by atoms with Crippen molar-refractivity contribution in [3.05, 3.63) is 23.4 Å². The summed E-state index contributed by atoms with van der Waals surface area (Å²) in [5.41, 5.74) is 3.32. The van der Waals surface area contributed by atoms with Gasteiger partial charge in [-0.25, -0.2) is 0 Å². The van der Waals surface area contributed by atoms with E-state index < -0.39 is 0 Å².